The lowest BCUT2D eigenvalue weighted by Crippen LogP contribution is -2.34. The van der Waals surface area contributed by atoms with Crippen LogP contribution in [0.1, 0.15) is 46.5 Å². The van der Waals surface area contributed by atoms with Crippen molar-refractivity contribution in [2.24, 2.45) is 5.92 Å². The van der Waals surface area contributed by atoms with Crippen LogP contribution in [0.4, 0.5) is 0 Å². The molecule has 0 aliphatic carbocycles. The van der Waals surface area contributed by atoms with Crippen LogP contribution in [0.3, 0.4) is 0 Å². The number of carboxylic acids is 1. The Morgan fingerprint density at radius 3 is 2.29 bits per heavy atom. The molecule has 0 aliphatic rings. The molecule has 0 aromatic heterocycles. The molecule has 1 unspecified atom stereocenters. The third-order valence-corrected chi connectivity index (χ3v) is 3.89. The van der Waals surface area contributed by atoms with Gasteiger partial charge in [0.05, 0.1) is 12.2 Å². The minimum absolute atomic E-state index is 0.132. The molecule has 102 valence electrons. The van der Waals surface area contributed by atoms with Gasteiger partial charge in [-0.05, 0) is 19.3 Å². The first-order valence-electron chi connectivity index (χ1n) is 5.94. The molecular formula is C11H23NO4S. The summed E-state index contributed by atoms with van der Waals surface area (Å²) in [7, 11) is -3.46. The lowest BCUT2D eigenvalue weighted by Gasteiger charge is -2.14. The van der Waals surface area contributed by atoms with Gasteiger partial charge in [0.1, 0.15) is 0 Å². The number of rotatable bonds is 9. The van der Waals surface area contributed by atoms with E-state index >= 15 is 0 Å². The van der Waals surface area contributed by atoms with E-state index in [0.717, 1.165) is 19.3 Å². The molecule has 0 spiro atoms. The molecule has 17 heavy (non-hydrogen) atoms. The van der Waals surface area contributed by atoms with Crippen LogP contribution < -0.4 is 4.72 Å². The molecule has 0 fully saturated rings. The topological polar surface area (TPSA) is 83.5 Å². The van der Waals surface area contributed by atoms with Crippen LogP contribution in [0, 0.1) is 5.92 Å². The Bertz CT molecular complexity index is 324. The SMILES string of the molecule is CC(C)CCCC(C)NS(=O)(=O)CCC(=O)O. The number of carbonyl (C=O) groups is 1. The van der Waals surface area contributed by atoms with Crippen molar-refractivity contribution >= 4 is 16.0 Å². The van der Waals surface area contributed by atoms with Gasteiger partial charge in [0, 0.05) is 6.04 Å². The lowest BCUT2D eigenvalue weighted by molar-refractivity contribution is -0.136. The van der Waals surface area contributed by atoms with E-state index in [-0.39, 0.29) is 18.2 Å². The summed E-state index contributed by atoms with van der Waals surface area (Å²) < 4.78 is 25.4. The van der Waals surface area contributed by atoms with E-state index in [2.05, 4.69) is 18.6 Å². The van der Waals surface area contributed by atoms with Gasteiger partial charge in [-0.2, -0.15) is 0 Å². The molecule has 2 N–H and O–H groups in total. The van der Waals surface area contributed by atoms with Gasteiger partial charge >= 0.3 is 5.97 Å². The number of hydrogen-bond donors (Lipinski definition) is 2. The number of aliphatic carboxylic acids is 1. The summed E-state index contributed by atoms with van der Waals surface area (Å²) in [6.07, 6.45) is 2.47. The molecular weight excluding hydrogens is 242 g/mol. The van der Waals surface area contributed by atoms with E-state index in [0.29, 0.717) is 5.92 Å². The van der Waals surface area contributed by atoms with Gasteiger partial charge in [0.2, 0.25) is 10.0 Å². The van der Waals surface area contributed by atoms with Crippen molar-refractivity contribution in [3.05, 3.63) is 0 Å². The van der Waals surface area contributed by atoms with Crippen LogP contribution in [-0.4, -0.2) is 31.3 Å². The molecule has 5 nitrogen and oxygen atoms in total. The minimum Gasteiger partial charge on any atom is -0.481 e. The zero-order valence-corrected chi connectivity index (χ0v) is 11.6. The van der Waals surface area contributed by atoms with E-state index in [4.69, 9.17) is 5.11 Å². The number of hydrogen-bond acceptors (Lipinski definition) is 3. The van der Waals surface area contributed by atoms with Crippen molar-refractivity contribution in [3.8, 4) is 0 Å². The van der Waals surface area contributed by atoms with Gasteiger partial charge in [0.25, 0.3) is 0 Å². The highest BCUT2D eigenvalue weighted by atomic mass is 32.2. The van der Waals surface area contributed by atoms with Crippen molar-refractivity contribution < 1.29 is 18.3 Å². The van der Waals surface area contributed by atoms with Gasteiger partial charge in [-0.15, -0.1) is 0 Å². The highest BCUT2D eigenvalue weighted by molar-refractivity contribution is 7.89. The number of carboxylic acid groups (broad SMARTS) is 1. The zero-order chi connectivity index (χ0) is 13.5. The first-order valence-corrected chi connectivity index (χ1v) is 7.60. The monoisotopic (exact) mass is 265 g/mol. The third kappa shape index (κ3) is 10.3. The lowest BCUT2D eigenvalue weighted by atomic mass is 10.0. The molecule has 0 aromatic carbocycles. The molecule has 0 saturated carbocycles. The number of nitrogens with one attached hydrogen (secondary N) is 1. The fraction of sp³-hybridized carbons (Fsp3) is 0.909. The summed E-state index contributed by atoms with van der Waals surface area (Å²) in [5, 5.41) is 8.42. The minimum atomic E-state index is -3.46. The molecule has 1 atom stereocenters. The molecule has 0 heterocycles. The van der Waals surface area contributed by atoms with Crippen LogP contribution in [-0.2, 0) is 14.8 Å². The quantitative estimate of drug-likeness (QED) is 0.663. The summed E-state index contributed by atoms with van der Waals surface area (Å²) in [4.78, 5) is 10.3. The van der Waals surface area contributed by atoms with Crippen molar-refractivity contribution in [3.63, 3.8) is 0 Å². The Morgan fingerprint density at radius 1 is 1.24 bits per heavy atom. The second-order valence-corrected chi connectivity index (χ2v) is 6.68. The van der Waals surface area contributed by atoms with Gasteiger partial charge < -0.3 is 5.11 Å². The molecule has 0 amide bonds. The Labute approximate surface area is 104 Å². The Morgan fingerprint density at radius 2 is 1.82 bits per heavy atom. The van der Waals surface area contributed by atoms with Gasteiger partial charge in [-0.1, -0.05) is 26.7 Å². The standard InChI is InChI=1S/C11H23NO4S/c1-9(2)5-4-6-10(3)12-17(15,16)8-7-11(13)14/h9-10,12H,4-8H2,1-3H3,(H,13,14). The Hall–Kier alpha value is -0.620. The average Bonchev–Trinajstić information content (AvgIpc) is 2.13. The van der Waals surface area contributed by atoms with Crippen molar-refractivity contribution in [1.29, 1.82) is 0 Å². The summed E-state index contributed by atoms with van der Waals surface area (Å²) in [5.74, 6) is -0.828. The van der Waals surface area contributed by atoms with Crippen molar-refractivity contribution in [2.75, 3.05) is 5.75 Å². The second-order valence-electron chi connectivity index (χ2n) is 4.81. The summed E-state index contributed by atoms with van der Waals surface area (Å²) in [6.45, 7) is 6.06. The summed E-state index contributed by atoms with van der Waals surface area (Å²) in [6, 6.07) is -0.132. The van der Waals surface area contributed by atoms with Gasteiger partial charge in [-0.3, -0.25) is 4.79 Å². The van der Waals surface area contributed by atoms with E-state index in [1.807, 2.05) is 0 Å². The molecule has 0 saturated heterocycles. The van der Waals surface area contributed by atoms with Crippen LogP contribution in [0.2, 0.25) is 0 Å². The van der Waals surface area contributed by atoms with Crippen LogP contribution >= 0.6 is 0 Å². The highest BCUT2D eigenvalue weighted by Crippen LogP contribution is 2.08. The summed E-state index contributed by atoms with van der Waals surface area (Å²) in [5.41, 5.74) is 0. The largest absolute Gasteiger partial charge is 0.481 e. The predicted molar refractivity (Wildman–Crippen MR) is 67.3 cm³/mol. The second kappa shape index (κ2) is 7.66. The van der Waals surface area contributed by atoms with E-state index < -0.39 is 16.0 Å². The van der Waals surface area contributed by atoms with E-state index in [1.165, 1.54) is 0 Å². The maximum absolute atomic E-state index is 11.5. The molecule has 0 rings (SSSR count). The zero-order valence-electron chi connectivity index (χ0n) is 10.8. The smallest absolute Gasteiger partial charge is 0.304 e. The maximum atomic E-state index is 11.5. The van der Waals surface area contributed by atoms with E-state index in [9.17, 15) is 13.2 Å². The van der Waals surface area contributed by atoms with Crippen molar-refractivity contribution in [2.45, 2.75) is 52.5 Å². The maximum Gasteiger partial charge on any atom is 0.304 e. The average molecular weight is 265 g/mol. The molecule has 6 heteroatoms. The molecule has 0 radical (unpaired) electrons. The molecule has 0 aromatic rings. The Balaban J connectivity index is 3.92. The fourth-order valence-electron chi connectivity index (χ4n) is 1.48. The van der Waals surface area contributed by atoms with E-state index in [1.54, 1.807) is 6.92 Å². The first-order chi connectivity index (χ1) is 7.73. The van der Waals surface area contributed by atoms with Gasteiger partial charge in [0.15, 0.2) is 0 Å². The normalized spacial score (nSPS) is 13.9. The molecule has 0 bridgehead atoms. The predicted octanol–water partition coefficient (Wildman–Crippen LogP) is 1.60. The first kappa shape index (κ1) is 16.4. The Kier molecular flexibility index (Phi) is 7.38. The van der Waals surface area contributed by atoms with Gasteiger partial charge in [-0.25, -0.2) is 13.1 Å². The van der Waals surface area contributed by atoms with Crippen LogP contribution in [0.5, 0.6) is 0 Å². The summed E-state index contributed by atoms with van der Waals surface area (Å²) >= 11 is 0. The highest BCUT2D eigenvalue weighted by Gasteiger charge is 2.15. The fourth-order valence-corrected chi connectivity index (χ4v) is 2.77. The van der Waals surface area contributed by atoms with Crippen LogP contribution in [0.15, 0.2) is 0 Å². The third-order valence-electron chi connectivity index (χ3n) is 2.38. The number of sulfonamides is 1. The van der Waals surface area contributed by atoms with Crippen LogP contribution in [0.25, 0.3) is 0 Å². The molecule has 0 aliphatic heterocycles. The van der Waals surface area contributed by atoms with Crippen molar-refractivity contribution in [1.82, 2.24) is 4.72 Å².